The first-order valence-corrected chi connectivity index (χ1v) is 12.2. The van der Waals surface area contributed by atoms with E-state index < -0.39 is 5.97 Å². The molecular formula is C26H35FN4O3S. The predicted molar refractivity (Wildman–Crippen MR) is 145 cm³/mol. The van der Waals surface area contributed by atoms with Crippen LogP contribution in [0.4, 0.5) is 10.1 Å². The summed E-state index contributed by atoms with van der Waals surface area (Å²) in [5.74, 6) is -1.17. The van der Waals surface area contributed by atoms with Gasteiger partial charge in [-0.05, 0) is 61.2 Å². The number of allylic oxidation sites excluding steroid dienone is 5. The molecule has 2 N–H and O–H groups in total. The zero-order valence-electron chi connectivity index (χ0n) is 20.1. The number of morpholine rings is 1. The van der Waals surface area contributed by atoms with E-state index in [2.05, 4.69) is 52.1 Å². The lowest BCUT2D eigenvalue weighted by Gasteiger charge is -2.29. The van der Waals surface area contributed by atoms with E-state index in [1.165, 1.54) is 18.4 Å². The summed E-state index contributed by atoms with van der Waals surface area (Å²) in [6.45, 7) is 6.69. The van der Waals surface area contributed by atoms with Crippen molar-refractivity contribution in [2.75, 3.05) is 50.8 Å². The number of hydrogen-bond donors (Lipinski definition) is 3. The third kappa shape index (κ3) is 10.9. The van der Waals surface area contributed by atoms with Crippen LogP contribution in [0.3, 0.4) is 0 Å². The van der Waals surface area contributed by atoms with E-state index in [0.717, 1.165) is 49.7 Å². The second-order valence-corrected chi connectivity index (χ2v) is 8.02. The van der Waals surface area contributed by atoms with Gasteiger partial charge in [0.15, 0.2) is 0 Å². The molecule has 1 aliphatic rings. The van der Waals surface area contributed by atoms with Gasteiger partial charge in [0.25, 0.3) is 0 Å². The van der Waals surface area contributed by atoms with Crippen molar-refractivity contribution in [3.8, 4) is 0 Å². The molecule has 7 nitrogen and oxygen atoms in total. The highest BCUT2D eigenvalue weighted by Gasteiger charge is 2.13. The maximum atomic E-state index is 13.5. The smallest absolute Gasteiger partial charge is 0.304 e. The number of nitrogens with zero attached hydrogens (tertiary/aromatic N) is 3. The first-order chi connectivity index (χ1) is 17.0. The Kier molecular flexibility index (Phi) is 13.5. The summed E-state index contributed by atoms with van der Waals surface area (Å²) in [6, 6.07) is 8.30. The maximum Gasteiger partial charge on any atom is 0.304 e. The molecule has 0 unspecified atom stereocenters. The van der Waals surface area contributed by atoms with Crippen molar-refractivity contribution in [2.24, 2.45) is 4.99 Å². The summed E-state index contributed by atoms with van der Waals surface area (Å²) in [7, 11) is 0. The van der Waals surface area contributed by atoms with Gasteiger partial charge in [-0.15, -0.1) is 12.6 Å². The number of aliphatic imine (C=N–C) groups is 1. The van der Waals surface area contributed by atoms with Gasteiger partial charge >= 0.3 is 5.97 Å². The van der Waals surface area contributed by atoms with Gasteiger partial charge in [-0.25, -0.2) is 9.38 Å². The number of rotatable bonds is 14. The van der Waals surface area contributed by atoms with E-state index in [1.54, 1.807) is 30.8 Å². The molecule has 1 aromatic rings. The lowest BCUT2D eigenvalue weighted by molar-refractivity contribution is -0.136. The zero-order chi connectivity index (χ0) is 25.3. The number of ether oxygens (including phenoxy) is 1. The molecule has 0 radical (unpaired) electrons. The maximum absolute atomic E-state index is 13.5. The normalized spacial score (nSPS) is 15.6. The van der Waals surface area contributed by atoms with Gasteiger partial charge in [0, 0.05) is 38.1 Å². The van der Waals surface area contributed by atoms with Gasteiger partial charge in [-0.2, -0.15) is 0 Å². The molecule has 0 bridgehead atoms. The monoisotopic (exact) mass is 502 g/mol. The minimum Gasteiger partial charge on any atom is -0.481 e. The van der Waals surface area contributed by atoms with Crippen LogP contribution in [0.1, 0.15) is 25.3 Å². The number of halogens is 1. The van der Waals surface area contributed by atoms with Crippen molar-refractivity contribution in [3.63, 3.8) is 0 Å². The van der Waals surface area contributed by atoms with Crippen LogP contribution >= 0.6 is 12.6 Å². The summed E-state index contributed by atoms with van der Waals surface area (Å²) in [5.41, 5.74) is 3.02. The fourth-order valence-electron chi connectivity index (χ4n) is 3.43. The van der Waals surface area contributed by atoms with Crippen LogP contribution in [-0.2, 0) is 9.53 Å². The van der Waals surface area contributed by atoms with Crippen molar-refractivity contribution >= 4 is 36.3 Å². The number of hydrogen-bond acceptors (Lipinski definition) is 6. The molecular weight excluding hydrogens is 467 g/mol. The van der Waals surface area contributed by atoms with Gasteiger partial charge in [0.2, 0.25) is 0 Å². The van der Waals surface area contributed by atoms with E-state index in [4.69, 9.17) is 9.84 Å². The standard InChI is InChI=1S/C26H35FN4O3S/c1-2-5-23(27)6-3-12-29-21-31(15-4-13-28-14-11-26(32)33)25(20-35)22-7-9-24(10-8-22)30-16-18-34-19-17-30/h2-3,5-10,12,20-21,28,35H,4,11,13-19H2,1H3,(H,32,33)/b5-2-,12-3+,23-6+,25-20-,29-21?. The van der Waals surface area contributed by atoms with Crippen LogP contribution in [0.2, 0.25) is 0 Å². The molecule has 1 saturated heterocycles. The highest BCUT2D eigenvalue weighted by Crippen LogP contribution is 2.24. The second-order valence-electron chi connectivity index (χ2n) is 7.76. The average Bonchev–Trinajstić information content (AvgIpc) is 2.86. The highest BCUT2D eigenvalue weighted by atomic mass is 32.1. The van der Waals surface area contributed by atoms with E-state index in [9.17, 15) is 9.18 Å². The minimum absolute atomic E-state index is 0.0878. The van der Waals surface area contributed by atoms with Gasteiger partial charge in [-0.1, -0.05) is 18.2 Å². The zero-order valence-corrected chi connectivity index (χ0v) is 21.0. The van der Waals surface area contributed by atoms with Crippen molar-refractivity contribution in [1.82, 2.24) is 10.2 Å². The lowest BCUT2D eigenvalue weighted by Crippen LogP contribution is -2.36. The molecule has 2 rings (SSSR count). The fraction of sp³-hybridized carbons (Fsp3) is 0.385. The van der Waals surface area contributed by atoms with Crippen LogP contribution in [-0.4, -0.2) is 68.3 Å². The Labute approximate surface area is 212 Å². The number of anilines is 1. The summed E-state index contributed by atoms with van der Waals surface area (Å²) < 4.78 is 18.9. The molecule has 0 atom stereocenters. The van der Waals surface area contributed by atoms with E-state index in [-0.39, 0.29) is 12.2 Å². The van der Waals surface area contributed by atoms with Gasteiger partial charge in [0.1, 0.15) is 5.83 Å². The molecule has 0 aromatic heterocycles. The van der Waals surface area contributed by atoms with Crippen molar-refractivity contribution in [2.45, 2.75) is 19.8 Å². The fourth-order valence-corrected chi connectivity index (χ4v) is 3.73. The average molecular weight is 503 g/mol. The number of carboxylic acid groups (broad SMARTS) is 1. The number of nitrogens with one attached hydrogen (secondary N) is 1. The van der Waals surface area contributed by atoms with Crippen molar-refractivity contribution in [3.05, 3.63) is 71.6 Å². The molecule has 0 amide bonds. The lowest BCUT2D eigenvalue weighted by atomic mass is 10.1. The number of carboxylic acids is 1. The third-order valence-electron chi connectivity index (χ3n) is 5.20. The van der Waals surface area contributed by atoms with Gasteiger partial charge in [-0.3, -0.25) is 4.79 Å². The Morgan fingerprint density at radius 1 is 1.29 bits per heavy atom. The number of aliphatic carboxylic acids is 1. The molecule has 0 saturated carbocycles. The number of carbonyl (C=O) groups is 1. The highest BCUT2D eigenvalue weighted by molar-refractivity contribution is 7.83. The van der Waals surface area contributed by atoms with Crippen LogP contribution in [0.25, 0.3) is 5.70 Å². The Bertz CT molecular complexity index is 923. The van der Waals surface area contributed by atoms with E-state index >= 15 is 0 Å². The van der Waals surface area contributed by atoms with E-state index in [1.807, 2.05) is 4.90 Å². The Balaban J connectivity index is 2.09. The SMILES string of the molecule is C\C=C/C(F)=C\C=C\N=CN(CCCNCCC(=O)O)/C(=C\S)c1ccc(N2CCOCC2)cc1. The number of benzene rings is 1. The van der Waals surface area contributed by atoms with Gasteiger partial charge < -0.3 is 25.0 Å². The summed E-state index contributed by atoms with van der Waals surface area (Å²) in [6.07, 6.45) is 9.95. The number of thiol groups is 1. The second kappa shape index (κ2) is 16.7. The molecule has 190 valence electrons. The first kappa shape index (κ1) is 28.4. The van der Waals surface area contributed by atoms with Crippen molar-refractivity contribution in [1.29, 1.82) is 0 Å². The largest absolute Gasteiger partial charge is 0.481 e. The molecule has 1 aromatic carbocycles. The molecule has 1 heterocycles. The minimum atomic E-state index is -0.821. The first-order valence-electron chi connectivity index (χ1n) is 11.7. The summed E-state index contributed by atoms with van der Waals surface area (Å²) in [4.78, 5) is 19.3. The Hall–Kier alpha value is -2.88. The topological polar surface area (TPSA) is 77.4 Å². The molecule has 9 heteroatoms. The molecule has 0 spiro atoms. The molecule has 35 heavy (non-hydrogen) atoms. The van der Waals surface area contributed by atoms with Crippen LogP contribution in [0, 0.1) is 0 Å². The van der Waals surface area contributed by atoms with E-state index in [0.29, 0.717) is 19.6 Å². The molecule has 1 fully saturated rings. The predicted octanol–water partition coefficient (Wildman–Crippen LogP) is 4.48. The Morgan fingerprint density at radius 3 is 2.69 bits per heavy atom. The van der Waals surface area contributed by atoms with Crippen LogP contribution in [0.5, 0.6) is 0 Å². The third-order valence-corrected chi connectivity index (χ3v) is 5.44. The van der Waals surface area contributed by atoms with Crippen molar-refractivity contribution < 1.29 is 19.0 Å². The molecule has 0 aliphatic carbocycles. The Morgan fingerprint density at radius 2 is 2.03 bits per heavy atom. The van der Waals surface area contributed by atoms with Crippen LogP contribution < -0.4 is 10.2 Å². The van der Waals surface area contributed by atoms with Crippen LogP contribution in [0.15, 0.2) is 71.0 Å². The summed E-state index contributed by atoms with van der Waals surface area (Å²) >= 11 is 4.45. The molecule has 1 aliphatic heterocycles. The van der Waals surface area contributed by atoms with Gasteiger partial charge in [0.05, 0.1) is 31.7 Å². The quantitative estimate of drug-likeness (QED) is 0.115. The summed E-state index contributed by atoms with van der Waals surface area (Å²) in [5, 5.41) is 13.6.